The summed E-state index contributed by atoms with van der Waals surface area (Å²) in [4.78, 5) is 14.4. The molecule has 1 heterocycles. The summed E-state index contributed by atoms with van der Waals surface area (Å²) in [6.45, 7) is 1.71. The van der Waals surface area contributed by atoms with Gasteiger partial charge in [0.2, 0.25) is 5.91 Å². The van der Waals surface area contributed by atoms with Gasteiger partial charge in [-0.2, -0.15) is 0 Å². The summed E-state index contributed by atoms with van der Waals surface area (Å²) in [5.74, 6) is 0.804. The quantitative estimate of drug-likeness (QED) is 0.884. The molecule has 1 aliphatic rings. The van der Waals surface area contributed by atoms with Crippen LogP contribution >= 0.6 is 0 Å². The fraction of sp³-hybridized carbons (Fsp3) is 0.316. The molecule has 2 aromatic rings. The Balaban J connectivity index is 1.54. The topological polar surface area (TPSA) is 46.3 Å². The Bertz CT molecular complexity index is 614. The third-order valence-corrected chi connectivity index (χ3v) is 4.45. The van der Waals surface area contributed by atoms with E-state index in [2.05, 4.69) is 30.3 Å². The van der Waals surface area contributed by atoms with E-state index < -0.39 is 0 Å². The summed E-state index contributed by atoms with van der Waals surface area (Å²) < 4.78 is 0. The van der Waals surface area contributed by atoms with Gasteiger partial charge in [-0.25, -0.2) is 0 Å². The number of nitrogens with two attached hydrogens (primary N) is 1. The number of likely N-dealkylation sites (tertiary alicyclic amines) is 1. The molecule has 0 aromatic heterocycles. The zero-order valence-electron chi connectivity index (χ0n) is 12.7. The largest absolute Gasteiger partial charge is 0.399 e. The second kappa shape index (κ2) is 6.65. The molecule has 0 radical (unpaired) electrons. The van der Waals surface area contributed by atoms with E-state index in [1.807, 2.05) is 29.2 Å². The number of nitrogens with zero attached hydrogens (tertiary/aromatic N) is 1. The van der Waals surface area contributed by atoms with E-state index in [0.717, 1.165) is 37.2 Å². The van der Waals surface area contributed by atoms with Crippen molar-refractivity contribution >= 4 is 11.6 Å². The summed E-state index contributed by atoms with van der Waals surface area (Å²) in [5, 5.41) is 0. The number of benzene rings is 2. The molecule has 2 N–H and O–H groups in total. The van der Waals surface area contributed by atoms with Gasteiger partial charge in [-0.15, -0.1) is 0 Å². The maximum atomic E-state index is 12.4. The van der Waals surface area contributed by atoms with Crippen molar-refractivity contribution in [1.29, 1.82) is 0 Å². The molecule has 0 saturated carbocycles. The number of carbonyl (C=O) groups is 1. The van der Waals surface area contributed by atoms with E-state index in [0.29, 0.717) is 12.3 Å². The highest BCUT2D eigenvalue weighted by atomic mass is 16.2. The van der Waals surface area contributed by atoms with Gasteiger partial charge < -0.3 is 10.6 Å². The van der Waals surface area contributed by atoms with Crippen LogP contribution in [0.1, 0.15) is 29.9 Å². The molecule has 1 aliphatic heterocycles. The maximum Gasteiger partial charge on any atom is 0.226 e. The Morgan fingerprint density at radius 3 is 2.27 bits per heavy atom. The lowest BCUT2D eigenvalue weighted by molar-refractivity contribution is -0.131. The van der Waals surface area contributed by atoms with Crippen molar-refractivity contribution in [3.63, 3.8) is 0 Å². The first-order valence-corrected chi connectivity index (χ1v) is 7.89. The van der Waals surface area contributed by atoms with Crippen LogP contribution in [-0.2, 0) is 11.2 Å². The fourth-order valence-corrected chi connectivity index (χ4v) is 3.11. The average molecular weight is 294 g/mol. The summed E-state index contributed by atoms with van der Waals surface area (Å²) >= 11 is 0. The minimum absolute atomic E-state index is 0.219. The molecule has 3 nitrogen and oxygen atoms in total. The molecule has 114 valence electrons. The van der Waals surface area contributed by atoms with Crippen LogP contribution in [0.5, 0.6) is 0 Å². The maximum absolute atomic E-state index is 12.4. The Labute approximate surface area is 131 Å². The molecule has 0 aliphatic carbocycles. The van der Waals surface area contributed by atoms with E-state index >= 15 is 0 Å². The van der Waals surface area contributed by atoms with Crippen LogP contribution in [0.2, 0.25) is 0 Å². The van der Waals surface area contributed by atoms with Crippen molar-refractivity contribution in [1.82, 2.24) is 4.90 Å². The summed E-state index contributed by atoms with van der Waals surface area (Å²) in [6.07, 6.45) is 2.57. The second-order valence-electron chi connectivity index (χ2n) is 5.98. The first-order valence-electron chi connectivity index (χ1n) is 7.89. The number of hydrogen-bond acceptors (Lipinski definition) is 2. The number of nitrogen functional groups attached to an aromatic ring is 1. The Morgan fingerprint density at radius 1 is 1.00 bits per heavy atom. The standard InChI is InChI=1S/C19H22N2O/c20-18-8-6-15(7-9-18)14-19(22)21-12-10-17(11-13-21)16-4-2-1-3-5-16/h1-9,17H,10-14,20H2. The van der Waals surface area contributed by atoms with Crippen LogP contribution in [0.4, 0.5) is 5.69 Å². The highest BCUT2D eigenvalue weighted by Crippen LogP contribution is 2.28. The van der Waals surface area contributed by atoms with Gasteiger partial charge in [0.25, 0.3) is 0 Å². The number of hydrogen-bond donors (Lipinski definition) is 1. The number of rotatable bonds is 3. The normalized spacial score (nSPS) is 15.7. The molecular formula is C19H22N2O. The van der Waals surface area contributed by atoms with Gasteiger partial charge in [0, 0.05) is 18.8 Å². The monoisotopic (exact) mass is 294 g/mol. The van der Waals surface area contributed by atoms with Gasteiger partial charge in [0.1, 0.15) is 0 Å². The Kier molecular flexibility index (Phi) is 4.42. The second-order valence-corrected chi connectivity index (χ2v) is 5.98. The SMILES string of the molecule is Nc1ccc(CC(=O)N2CCC(c3ccccc3)CC2)cc1. The summed E-state index contributed by atoms with van der Waals surface area (Å²) in [5.41, 5.74) is 8.84. The van der Waals surface area contributed by atoms with Crippen molar-refractivity contribution in [2.45, 2.75) is 25.2 Å². The van der Waals surface area contributed by atoms with E-state index in [-0.39, 0.29) is 5.91 Å². The summed E-state index contributed by atoms with van der Waals surface area (Å²) in [6, 6.07) is 18.2. The zero-order chi connectivity index (χ0) is 15.4. The molecular weight excluding hydrogens is 272 g/mol. The van der Waals surface area contributed by atoms with Crippen LogP contribution in [0.3, 0.4) is 0 Å². The van der Waals surface area contributed by atoms with Crippen LogP contribution in [0, 0.1) is 0 Å². The Morgan fingerprint density at radius 2 is 1.64 bits per heavy atom. The number of amides is 1. The highest BCUT2D eigenvalue weighted by molar-refractivity contribution is 5.79. The zero-order valence-corrected chi connectivity index (χ0v) is 12.7. The smallest absolute Gasteiger partial charge is 0.226 e. The van der Waals surface area contributed by atoms with Crippen molar-refractivity contribution < 1.29 is 4.79 Å². The lowest BCUT2D eigenvalue weighted by atomic mass is 9.89. The highest BCUT2D eigenvalue weighted by Gasteiger charge is 2.23. The molecule has 0 bridgehead atoms. The first kappa shape index (κ1) is 14.6. The molecule has 3 rings (SSSR count). The van der Waals surface area contributed by atoms with Gasteiger partial charge in [0.05, 0.1) is 6.42 Å². The molecule has 1 amide bonds. The average Bonchev–Trinajstić information content (AvgIpc) is 2.58. The van der Waals surface area contributed by atoms with Crippen LogP contribution < -0.4 is 5.73 Å². The lowest BCUT2D eigenvalue weighted by Gasteiger charge is -2.32. The van der Waals surface area contributed by atoms with Crippen LogP contribution in [-0.4, -0.2) is 23.9 Å². The van der Waals surface area contributed by atoms with E-state index in [4.69, 9.17) is 5.73 Å². The van der Waals surface area contributed by atoms with Crippen LogP contribution in [0.15, 0.2) is 54.6 Å². The third kappa shape index (κ3) is 3.48. The number of piperidine rings is 1. The van der Waals surface area contributed by atoms with E-state index in [1.54, 1.807) is 0 Å². The Hall–Kier alpha value is -2.29. The lowest BCUT2D eigenvalue weighted by Crippen LogP contribution is -2.38. The number of carbonyl (C=O) groups excluding carboxylic acids is 1. The van der Waals surface area contributed by atoms with Crippen molar-refractivity contribution in [2.75, 3.05) is 18.8 Å². The van der Waals surface area contributed by atoms with Gasteiger partial charge >= 0.3 is 0 Å². The van der Waals surface area contributed by atoms with Gasteiger partial charge in [-0.3, -0.25) is 4.79 Å². The molecule has 0 unspecified atom stereocenters. The van der Waals surface area contributed by atoms with Crippen molar-refractivity contribution in [3.8, 4) is 0 Å². The molecule has 1 fully saturated rings. The minimum Gasteiger partial charge on any atom is -0.399 e. The molecule has 0 spiro atoms. The van der Waals surface area contributed by atoms with E-state index in [1.165, 1.54) is 5.56 Å². The van der Waals surface area contributed by atoms with Gasteiger partial charge in [-0.1, -0.05) is 42.5 Å². The van der Waals surface area contributed by atoms with Gasteiger partial charge in [-0.05, 0) is 42.0 Å². The van der Waals surface area contributed by atoms with Crippen LogP contribution in [0.25, 0.3) is 0 Å². The molecule has 3 heteroatoms. The molecule has 0 atom stereocenters. The summed E-state index contributed by atoms with van der Waals surface area (Å²) in [7, 11) is 0. The van der Waals surface area contributed by atoms with E-state index in [9.17, 15) is 4.79 Å². The van der Waals surface area contributed by atoms with Crippen molar-refractivity contribution in [2.24, 2.45) is 0 Å². The minimum atomic E-state index is 0.219. The first-order chi connectivity index (χ1) is 10.7. The fourth-order valence-electron chi connectivity index (χ4n) is 3.11. The number of anilines is 1. The predicted molar refractivity (Wildman–Crippen MR) is 89.6 cm³/mol. The van der Waals surface area contributed by atoms with Gasteiger partial charge in [0.15, 0.2) is 0 Å². The predicted octanol–water partition coefficient (Wildman–Crippen LogP) is 3.22. The molecule has 22 heavy (non-hydrogen) atoms. The van der Waals surface area contributed by atoms with Crippen molar-refractivity contribution in [3.05, 3.63) is 65.7 Å². The molecule has 1 saturated heterocycles. The molecule has 2 aromatic carbocycles. The third-order valence-electron chi connectivity index (χ3n) is 4.45.